The van der Waals surface area contributed by atoms with Gasteiger partial charge in [-0.2, -0.15) is 0 Å². The highest BCUT2D eigenvalue weighted by atomic mass is 16.8. The van der Waals surface area contributed by atoms with Gasteiger partial charge in [0.25, 0.3) is 0 Å². The Morgan fingerprint density at radius 2 is 1.08 bits per heavy atom. The summed E-state index contributed by atoms with van der Waals surface area (Å²) in [4.78, 5) is 0. The van der Waals surface area contributed by atoms with Crippen molar-refractivity contribution in [2.75, 3.05) is 33.0 Å². The molecule has 0 amide bonds. The van der Waals surface area contributed by atoms with E-state index in [4.69, 9.17) is 28.4 Å². The van der Waals surface area contributed by atoms with Crippen LogP contribution in [0.3, 0.4) is 0 Å². The molecule has 0 bridgehead atoms. The third-order valence-electron chi connectivity index (χ3n) is 11.0. The molecule has 0 aliphatic carbocycles. The second-order valence-corrected chi connectivity index (χ2v) is 15.4. The molecule has 2 heterocycles. The van der Waals surface area contributed by atoms with Gasteiger partial charge in [-0.25, -0.2) is 0 Å². The highest BCUT2D eigenvalue weighted by Crippen LogP contribution is 2.37. The van der Waals surface area contributed by atoms with E-state index in [9.17, 15) is 5.11 Å². The fraction of sp³-hybridized carbons (Fsp3) is 0.467. The summed E-state index contributed by atoms with van der Waals surface area (Å²) in [5, 5.41) is 10.9. The Bertz CT molecular complexity index is 1710. The molecule has 0 saturated carbocycles. The first-order valence-corrected chi connectivity index (χ1v) is 18.8. The molecule has 0 spiro atoms. The Balaban J connectivity index is 0.993. The monoisotopic (exact) mass is 708 g/mol. The highest BCUT2D eigenvalue weighted by Gasteiger charge is 2.30. The van der Waals surface area contributed by atoms with E-state index in [2.05, 4.69) is 121 Å². The van der Waals surface area contributed by atoms with Crippen molar-refractivity contribution in [1.82, 2.24) is 0 Å². The predicted molar refractivity (Wildman–Crippen MR) is 204 cm³/mol. The van der Waals surface area contributed by atoms with Crippen molar-refractivity contribution in [1.29, 1.82) is 0 Å². The zero-order chi connectivity index (χ0) is 36.9. The highest BCUT2D eigenvalue weighted by molar-refractivity contribution is 5.43. The summed E-state index contributed by atoms with van der Waals surface area (Å²) >= 11 is 0. The lowest BCUT2D eigenvalue weighted by Crippen LogP contribution is -2.32. The van der Waals surface area contributed by atoms with Crippen LogP contribution in [0.25, 0.3) is 0 Å². The zero-order valence-electron chi connectivity index (χ0n) is 31.9. The lowest BCUT2D eigenvalue weighted by Gasteiger charge is -2.32. The van der Waals surface area contributed by atoms with E-state index < -0.39 is 11.7 Å². The van der Waals surface area contributed by atoms with Crippen molar-refractivity contribution < 1.29 is 33.5 Å². The second-order valence-electron chi connectivity index (χ2n) is 15.4. The maximum Gasteiger partial charge on any atom is 0.223 e. The minimum atomic E-state index is -0.772. The Morgan fingerprint density at radius 3 is 1.56 bits per heavy atom. The van der Waals surface area contributed by atoms with Crippen LogP contribution in [0.4, 0.5) is 0 Å². The van der Waals surface area contributed by atoms with Crippen LogP contribution in [0, 0.1) is 0 Å². The second kappa shape index (κ2) is 16.1. The summed E-state index contributed by atoms with van der Waals surface area (Å²) in [7, 11) is 0. The normalized spacial score (nSPS) is 19.4. The third-order valence-corrected chi connectivity index (χ3v) is 11.0. The molecule has 2 fully saturated rings. The van der Waals surface area contributed by atoms with Crippen LogP contribution >= 0.6 is 0 Å². The van der Waals surface area contributed by atoms with E-state index in [1.54, 1.807) is 0 Å². The minimum Gasteiger partial charge on any atom is -0.491 e. The molecule has 4 aromatic rings. The lowest BCUT2D eigenvalue weighted by atomic mass is 9.77. The van der Waals surface area contributed by atoms with Crippen LogP contribution in [0.1, 0.15) is 101 Å². The number of aliphatic hydroxyl groups is 1. The molecular weight excluding hydrogens is 652 g/mol. The summed E-state index contributed by atoms with van der Waals surface area (Å²) in [6.45, 7) is 17.7. The first-order valence-electron chi connectivity index (χ1n) is 18.8. The first-order chi connectivity index (χ1) is 24.9. The fourth-order valence-corrected chi connectivity index (χ4v) is 6.64. The van der Waals surface area contributed by atoms with Crippen LogP contribution in [0.15, 0.2) is 97.1 Å². The SMILES string of the molecule is CCC(COC1CO1)c1ccc(C(C)(C)c2ccc(OCC(O)COC(C)(CC)c3ccc(C(C)(C)c4ccc(OC5CO5)cc4)cc3)cc2)cc1. The van der Waals surface area contributed by atoms with Gasteiger partial charge in [0.05, 0.1) is 18.8 Å². The third kappa shape index (κ3) is 9.25. The molecule has 2 aliphatic heterocycles. The fourth-order valence-electron chi connectivity index (χ4n) is 6.64. The van der Waals surface area contributed by atoms with Gasteiger partial charge in [-0.15, -0.1) is 0 Å². The lowest BCUT2D eigenvalue weighted by molar-refractivity contribution is -0.0836. The van der Waals surface area contributed by atoms with E-state index in [0.717, 1.165) is 29.9 Å². The van der Waals surface area contributed by atoms with Gasteiger partial charge >= 0.3 is 0 Å². The molecular formula is C45H56O7. The number of aliphatic hydroxyl groups excluding tert-OH is 1. The number of rotatable bonds is 19. The Morgan fingerprint density at radius 1 is 0.615 bits per heavy atom. The molecule has 2 aliphatic rings. The van der Waals surface area contributed by atoms with Crippen LogP contribution in [0.2, 0.25) is 0 Å². The van der Waals surface area contributed by atoms with Crippen LogP contribution in [0.5, 0.6) is 11.5 Å². The number of hydrogen-bond acceptors (Lipinski definition) is 7. The predicted octanol–water partition coefficient (Wildman–Crippen LogP) is 9.02. The molecule has 278 valence electrons. The Labute approximate surface area is 310 Å². The quantitative estimate of drug-likeness (QED) is 0.0974. The topological polar surface area (TPSA) is 82.2 Å². The average molecular weight is 709 g/mol. The van der Waals surface area contributed by atoms with Crippen LogP contribution in [-0.4, -0.2) is 56.8 Å². The van der Waals surface area contributed by atoms with E-state index in [-0.39, 0.29) is 36.6 Å². The molecule has 7 nitrogen and oxygen atoms in total. The molecule has 1 N–H and O–H groups in total. The molecule has 0 radical (unpaired) electrons. The van der Waals surface area contributed by atoms with Gasteiger partial charge in [0.2, 0.25) is 6.29 Å². The molecule has 4 aromatic carbocycles. The van der Waals surface area contributed by atoms with Gasteiger partial charge < -0.3 is 33.5 Å². The summed E-state index contributed by atoms with van der Waals surface area (Å²) < 4.78 is 34.3. The van der Waals surface area contributed by atoms with Crippen LogP contribution < -0.4 is 9.47 Å². The van der Waals surface area contributed by atoms with Crippen molar-refractivity contribution in [2.45, 2.75) is 102 Å². The maximum absolute atomic E-state index is 10.9. The first kappa shape index (κ1) is 38.0. The number of hydrogen-bond donors (Lipinski definition) is 1. The molecule has 0 aromatic heterocycles. The molecule has 5 atom stereocenters. The number of epoxide rings is 2. The van der Waals surface area contributed by atoms with Gasteiger partial charge in [-0.1, -0.05) is 114 Å². The van der Waals surface area contributed by atoms with Gasteiger partial charge in [0.1, 0.15) is 37.4 Å². The largest absolute Gasteiger partial charge is 0.491 e. The summed E-state index contributed by atoms with van der Waals surface area (Å²) in [5.41, 5.74) is 6.30. The van der Waals surface area contributed by atoms with Gasteiger partial charge in [0, 0.05) is 16.7 Å². The molecule has 7 heteroatoms. The summed E-state index contributed by atoms with van der Waals surface area (Å²) in [5.74, 6) is 1.90. The molecule has 5 unspecified atom stereocenters. The zero-order valence-corrected chi connectivity index (χ0v) is 31.9. The van der Waals surface area contributed by atoms with E-state index in [0.29, 0.717) is 25.7 Å². The van der Waals surface area contributed by atoms with Crippen molar-refractivity contribution in [3.05, 3.63) is 130 Å². The summed E-state index contributed by atoms with van der Waals surface area (Å²) in [6.07, 6.45) is 0.896. The van der Waals surface area contributed by atoms with Gasteiger partial charge in [-0.05, 0) is 77.4 Å². The van der Waals surface area contributed by atoms with Gasteiger partial charge in [-0.3, -0.25) is 0 Å². The summed E-state index contributed by atoms with van der Waals surface area (Å²) in [6, 6.07) is 34.0. The number of benzene rings is 4. The van der Waals surface area contributed by atoms with Crippen molar-refractivity contribution in [2.24, 2.45) is 0 Å². The standard InChI is InChI=1S/C45H56O7/c1-8-31(26-48-41-29-49-41)32-10-12-33(13-11-32)43(3,4)35-18-22-39(23-19-35)47-27-38(46)28-51-45(7,9-2)37-16-14-34(15-17-37)44(5,6)36-20-24-40(25-21-36)52-42-30-50-42/h10-25,31,38,41-42,46H,8-9,26-30H2,1-7H3. The Hall–Kier alpha value is -3.72. The van der Waals surface area contributed by atoms with E-state index >= 15 is 0 Å². The van der Waals surface area contributed by atoms with E-state index in [1.165, 1.54) is 27.8 Å². The van der Waals surface area contributed by atoms with E-state index in [1.807, 2.05) is 24.3 Å². The number of ether oxygens (including phenoxy) is 6. The minimum absolute atomic E-state index is 0.0136. The molecule has 52 heavy (non-hydrogen) atoms. The molecule has 6 rings (SSSR count). The Kier molecular flexibility index (Phi) is 11.8. The average Bonchev–Trinajstić information content (AvgIpc) is 4.11. The smallest absolute Gasteiger partial charge is 0.223 e. The van der Waals surface area contributed by atoms with Crippen LogP contribution in [-0.2, 0) is 35.4 Å². The van der Waals surface area contributed by atoms with Crippen molar-refractivity contribution in [3.63, 3.8) is 0 Å². The van der Waals surface area contributed by atoms with Gasteiger partial charge in [0.15, 0.2) is 6.29 Å². The van der Waals surface area contributed by atoms with Crippen molar-refractivity contribution in [3.8, 4) is 11.5 Å². The molecule has 2 saturated heterocycles. The van der Waals surface area contributed by atoms with Crippen molar-refractivity contribution >= 4 is 0 Å². The maximum atomic E-state index is 10.9.